The van der Waals surface area contributed by atoms with Crippen LogP contribution < -0.4 is 19.5 Å². The third-order valence-electron chi connectivity index (χ3n) is 2.86. The molecule has 0 spiro atoms. The van der Waals surface area contributed by atoms with Gasteiger partial charge in [-0.05, 0) is 32.9 Å². The van der Waals surface area contributed by atoms with Crippen LogP contribution in [0.15, 0.2) is 18.2 Å². The smallest absolute Gasteiger partial charge is 0.231 e. The van der Waals surface area contributed by atoms with E-state index in [4.69, 9.17) is 14.2 Å². The highest BCUT2D eigenvalue weighted by Gasteiger charge is 2.15. The van der Waals surface area contributed by atoms with E-state index in [1.807, 2.05) is 18.2 Å². The number of benzene rings is 1. The van der Waals surface area contributed by atoms with E-state index in [1.165, 1.54) is 0 Å². The van der Waals surface area contributed by atoms with Crippen LogP contribution in [0.4, 0.5) is 0 Å². The van der Waals surface area contributed by atoms with Gasteiger partial charge in [-0.25, -0.2) is 0 Å². The molecule has 19 heavy (non-hydrogen) atoms. The zero-order valence-corrected chi connectivity index (χ0v) is 12.2. The first-order valence-corrected chi connectivity index (χ1v) is 6.71. The van der Waals surface area contributed by atoms with Crippen LogP contribution in [-0.4, -0.2) is 25.5 Å². The second kappa shape index (κ2) is 5.70. The highest BCUT2D eigenvalue weighted by Crippen LogP contribution is 2.35. The summed E-state index contributed by atoms with van der Waals surface area (Å²) >= 11 is 0. The molecule has 1 heterocycles. The molecular formula is C15H23NO3. The molecule has 1 aliphatic heterocycles. The maximum atomic E-state index is 5.78. The Morgan fingerprint density at radius 3 is 2.74 bits per heavy atom. The van der Waals surface area contributed by atoms with Crippen molar-refractivity contribution in [2.24, 2.45) is 5.92 Å². The molecule has 106 valence electrons. The SMILES string of the molecule is CC(CNC(C)(C)C)COc1ccc2c(c1)OCO2. The topological polar surface area (TPSA) is 39.7 Å². The van der Waals surface area contributed by atoms with Gasteiger partial charge >= 0.3 is 0 Å². The number of nitrogens with one attached hydrogen (secondary N) is 1. The van der Waals surface area contributed by atoms with Gasteiger partial charge in [0.05, 0.1) is 6.61 Å². The number of hydrogen-bond donors (Lipinski definition) is 1. The molecule has 0 amide bonds. The minimum absolute atomic E-state index is 0.146. The molecule has 2 rings (SSSR count). The van der Waals surface area contributed by atoms with Gasteiger partial charge in [0.2, 0.25) is 6.79 Å². The Hall–Kier alpha value is -1.42. The minimum atomic E-state index is 0.146. The average Bonchev–Trinajstić information content (AvgIpc) is 2.80. The normalized spacial score (nSPS) is 15.4. The second-order valence-electron chi connectivity index (χ2n) is 6.06. The maximum Gasteiger partial charge on any atom is 0.231 e. The summed E-state index contributed by atoms with van der Waals surface area (Å²) in [6.07, 6.45) is 0. The van der Waals surface area contributed by atoms with E-state index in [0.717, 1.165) is 23.8 Å². The van der Waals surface area contributed by atoms with Gasteiger partial charge in [-0.2, -0.15) is 0 Å². The van der Waals surface area contributed by atoms with Crippen LogP contribution in [-0.2, 0) is 0 Å². The highest BCUT2D eigenvalue weighted by molar-refractivity contribution is 5.46. The summed E-state index contributed by atoms with van der Waals surface area (Å²) in [5, 5.41) is 3.47. The molecule has 0 saturated carbocycles. The molecule has 1 unspecified atom stereocenters. The number of hydrogen-bond acceptors (Lipinski definition) is 4. The first-order valence-electron chi connectivity index (χ1n) is 6.71. The number of rotatable bonds is 5. The van der Waals surface area contributed by atoms with Crippen LogP contribution in [0.3, 0.4) is 0 Å². The van der Waals surface area contributed by atoms with Crippen LogP contribution >= 0.6 is 0 Å². The summed E-state index contributed by atoms with van der Waals surface area (Å²) in [6, 6.07) is 5.68. The maximum absolute atomic E-state index is 5.78. The van der Waals surface area contributed by atoms with Crippen LogP contribution in [0.1, 0.15) is 27.7 Å². The predicted octanol–water partition coefficient (Wildman–Crippen LogP) is 2.82. The first-order chi connectivity index (χ1) is 8.94. The first kappa shape index (κ1) is 14.0. The van der Waals surface area contributed by atoms with Crippen LogP contribution in [0, 0.1) is 5.92 Å². The predicted molar refractivity (Wildman–Crippen MR) is 75.0 cm³/mol. The Morgan fingerprint density at radius 1 is 1.26 bits per heavy atom. The second-order valence-corrected chi connectivity index (χ2v) is 6.06. The molecule has 0 fully saturated rings. The Kier molecular flexibility index (Phi) is 4.20. The summed E-state index contributed by atoms with van der Waals surface area (Å²) in [7, 11) is 0. The standard InChI is InChI=1S/C15H23NO3/c1-11(8-16-15(2,3)4)9-17-12-5-6-13-14(7-12)19-10-18-13/h5-7,11,16H,8-10H2,1-4H3. The van der Waals surface area contributed by atoms with Crippen molar-refractivity contribution in [3.63, 3.8) is 0 Å². The fourth-order valence-corrected chi connectivity index (χ4v) is 1.74. The third-order valence-corrected chi connectivity index (χ3v) is 2.86. The van der Waals surface area contributed by atoms with Crippen molar-refractivity contribution in [1.29, 1.82) is 0 Å². The lowest BCUT2D eigenvalue weighted by Crippen LogP contribution is -2.39. The van der Waals surface area contributed by atoms with Crippen LogP contribution in [0.25, 0.3) is 0 Å². The van der Waals surface area contributed by atoms with Crippen LogP contribution in [0.5, 0.6) is 17.2 Å². The summed E-state index contributed by atoms with van der Waals surface area (Å²) in [5.74, 6) is 2.82. The van der Waals surface area contributed by atoms with Gasteiger partial charge in [0, 0.05) is 24.1 Å². The van der Waals surface area contributed by atoms with Gasteiger partial charge in [0.1, 0.15) is 5.75 Å². The monoisotopic (exact) mass is 265 g/mol. The van der Waals surface area contributed by atoms with E-state index >= 15 is 0 Å². The number of ether oxygens (including phenoxy) is 3. The quantitative estimate of drug-likeness (QED) is 0.888. The Labute approximate surface area is 115 Å². The van der Waals surface area contributed by atoms with E-state index in [0.29, 0.717) is 19.3 Å². The molecule has 1 aromatic carbocycles. The zero-order chi connectivity index (χ0) is 13.9. The van der Waals surface area contributed by atoms with E-state index in [1.54, 1.807) is 0 Å². The molecule has 1 atom stereocenters. The van der Waals surface area contributed by atoms with Gasteiger partial charge in [0.25, 0.3) is 0 Å². The van der Waals surface area contributed by atoms with E-state index < -0.39 is 0 Å². The molecule has 4 heteroatoms. The summed E-state index contributed by atoms with van der Waals surface area (Å²) in [6.45, 7) is 10.6. The fourth-order valence-electron chi connectivity index (χ4n) is 1.74. The summed E-state index contributed by atoms with van der Waals surface area (Å²) in [4.78, 5) is 0. The van der Waals surface area contributed by atoms with Crippen molar-refractivity contribution in [3.8, 4) is 17.2 Å². The Balaban J connectivity index is 1.79. The lowest BCUT2D eigenvalue weighted by atomic mass is 10.1. The summed E-state index contributed by atoms with van der Waals surface area (Å²) in [5.41, 5.74) is 0.146. The minimum Gasteiger partial charge on any atom is -0.493 e. The van der Waals surface area contributed by atoms with Gasteiger partial charge in [-0.3, -0.25) is 0 Å². The lowest BCUT2D eigenvalue weighted by molar-refractivity contribution is 0.173. The molecule has 0 saturated heterocycles. The average molecular weight is 265 g/mol. The van der Waals surface area contributed by atoms with Crippen molar-refractivity contribution in [3.05, 3.63) is 18.2 Å². The highest BCUT2D eigenvalue weighted by atomic mass is 16.7. The fraction of sp³-hybridized carbons (Fsp3) is 0.600. The van der Waals surface area contributed by atoms with Crippen molar-refractivity contribution < 1.29 is 14.2 Å². The molecule has 1 N–H and O–H groups in total. The van der Waals surface area contributed by atoms with E-state index in [-0.39, 0.29) is 5.54 Å². The molecule has 0 aliphatic carbocycles. The molecule has 0 bridgehead atoms. The molecule has 4 nitrogen and oxygen atoms in total. The molecule has 0 aromatic heterocycles. The van der Waals surface area contributed by atoms with Gasteiger partial charge in [-0.1, -0.05) is 6.92 Å². The van der Waals surface area contributed by atoms with Crippen molar-refractivity contribution in [1.82, 2.24) is 5.32 Å². The van der Waals surface area contributed by atoms with Crippen LogP contribution in [0.2, 0.25) is 0 Å². The van der Waals surface area contributed by atoms with Gasteiger partial charge in [0.15, 0.2) is 11.5 Å². The van der Waals surface area contributed by atoms with Crippen molar-refractivity contribution in [2.45, 2.75) is 33.2 Å². The van der Waals surface area contributed by atoms with E-state index in [2.05, 4.69) is 33.0 Å². The Morgan fingerprint density at radius 2 is 2.00 bits per heavy atom. The van der Waals surface area contributed by atoms with Gasteiger partial charge < -0.3 is 19.5 Å². The largest absolute Gasteiger partial charge is 0.493 e. The third kappa shape index (κ3) is 4.31. The van der Waals surface area contributed by atoms with Crippen molar-refractivity contribution >= 4 is 0 Å². The summed E-state index contributed by atoms with van der Waals surface area (Å²) < 4.78 is 16.4. The molecule has 1 aliphatic rings. The molecular weight excluding hydrogens is 242 g/mol. The Bertz CT molecular complexity index is 426. The van der Waals surface area contributed by atoms with Crippen molar-refractivity contribution in [2.75, 3.05) is 19.9 Å². The van der Waals surface area contributed by atoms with E-state index in [9.17, 15) is 0 Å². The zero-order valence-electron chi connectivity index (χ0n) is 12.2. The van der Waals surface area contributed by atoms with Gasteiger partial charge in [-0.15, -0.1) is 0 Å². The number of fused-ring (bicyclic) bond motifs is 1. The molecule has 0 radical (unpaired) electrons. The molecule has 1 aromatic rings. The lowest BCUT2D eigenvalue weighted by Gasteiger charge is -2.23.